The molecule has 53 heavy (non-hydrogen) atoms. The zero-order chi connectivity index (χ0) is 37.5. The molecule has 0 amide bonds. The minimum atomic E-state index is -1.21. The van der Waals surface area contributed by atoms with Gasteiger partial charge in [-0.25, -0.2) is 4.79 Å². The number of carboxylic acids is 1. The van der Waals surface area contributed by atoms with Crippen molar-refractivity contribution in [3.05, 3.63) is 112 Å². The Morgan fingerprint density at radius 3 is 1.32 bits per heavy atom. The number of aromatic carboxylic acids is 1. The van der Waals surface area contributed by atoms with Gasteiger partial charge in [-0.3, -0.25) is 30.7 Å². The summed E-state index contributed by atoms with van der Waals surface area (Å²) in [5.74, 6) is -1.36. The van der Waals surface area contributed by atoms with Crippen molar-refractivity contribution in [3.63, 3.8) is 0 Å². The average Bonchev–Trinajstić information content (AvgIpc) is 3.08. The topological polar surface area (TPSA) is 270 Å². The maximum atomic E-state index is 10.5. The van der Waals surface area contributed by atoms with E-state index in [4.69, 9.17) is 20.4 Å². The Kier molecular flexibility index (Phi) is 28.8. The van der Waals surface area contributed by atoms with Crippen molar-refractivity contribution in [2.75, 3.05) is 7.05 Å². The molecule has 0 aliphatic heterocycles. The van der Waals surface area contributed by atoms with Crippen LogP contribution in [0.1, 0.15) is 15.9 Å². The number of ether oxygens (including phenoxy) is 2. The fourth-order valence-corrected chi connectivity index (χ4v) is 3.24. The van der Waals surface area contributed by atoms with Crippen molar-refractivity contribution in [2.45, 2.75) is 6.92 Å². The Balaban J connectivity index is -0.000000618. The number of phenolic OH excluding ortho intramolecular Hbond substituents is 3. The van der Waals surface area contributed by atoms with Crippen molar-refractivity contribution >= 4 is 41.7 Å². The van der Waals surface area contributed by atoms with E-state index >= 15 is 0 Å². The summed E-state index contributed by atoms with van der Waals surface area (Å²) in [7, 11) is 11.0. The van der Waals surface area contributed by atoms with E-state index in [1.165, 1.54) is 55.6 Å². The van der Waals surface area contributed by atoms with Gasteiger partial charge >= 0.3 is 5.97 Å². The standard InChI is InChI=1S/C8H8N2O3.2C8H7N2O3.C8H9N2O.CH3.2Y/c2*1-9-10-6-2-3-7(12)8(4-6)13-5-11;1-9-10-5-2-3-7(11)6(4-5)8(12)13;1-6-5-7(10-9-2)3-4-8(6)11;;;/h2-5,12H,1H3;2-5,12H,1H2;2-4,11H,1H2,(H,12,13);3-5,11H,2H2,1H3;1H3;;/q;4*-1;;. The summed E-state index contributed by atoms with van der Waals surface area (Å²) in [6.45, 7) is 2.26. The zero-order valence-corrected chi connectivity index (χ0v) is 34.4. The Hall–Kier alpha value is -5.29. The van der Waals surface area contributed by atoms with E-state index in [0.29, 0.717) is 22.7 Å². The van der Waals surface area contributed by atoms with Gasteiger partial charge in [-0.1, -0.05) is 0 Å². The second kappa shape index (κ2) is 29.3. The monoisotopic (exact) mass is 880 g/mol. The van der Waals surface area contributed by atoms with Gasteiger partial charge in [0.05, 0.1) is 22.7 Å². The summed E-state index contributed by atoms with van der Waals surface area (Å²) < 4.78 is 8.96. The number of phenols is 4. The van der Waals surface area contributed by atoms with Crippen LogP contribution < -0.4 is 9.47 Å². The molecule has 20 heteroatoms. The summed E-state index contributed by atoms with van der Waals surface area (Å²) in [4.78, 5) is 30.5. The molecule has 0 unspecified atom stereocenters. The van der Waals surface area contributed by atoms with Crippen molar-refractivity contribution in [2.24, 2.45) is 40.9 Å². The van der Waals surface area contributed by atoms with Crippen molar-refractivity contribution in [1.29, 1.82) is 0 Å². The van der Waals surface area contributed by atoms with Crippen LogP contribution in [0.2, 0.25) is 0 Å². The molecule has 0 spiro atoms. The number of aromatic hydroxyl groups is 4. The predicted octanol–water partition coefficient (Wildman–Crippen LogP) is 8.43. The summed E-state index contributed by atoms with van der Waals surface area (Å²) >= 11 is 0. The second-order valence-electron chi connectivity index (χ2n) is 8.73. The van der Waals surface area contributed by atoms with E-state index in [2.05, 4.69) is 71.5 Å². The van der Waals surface area contributed by atoms with Gasteiger partial charge in [0.1, 0.15) is 17.1 Å². The Morgan fingerprint density at radius 1 is 0.604 bits per heavy atom. The van der Waals surface area contributed by atoms with Crippen LogP contribution in [0.3, 0.4) is 0 Å². The number of carboxylic acid groups (broad SMARTS) is 1. The first-order valence-corrected chi connectivity index (χ1v) is 13.5. The molecule has 0 aliphatic rings. The molecule has 0 aliphatic carbocycles. The fourth-order valence-electron chi connectivity index (χ4n) is 3.24. The van der Waals surface area contributed by atoms with Crippen molar-refractivity contribution in [3.8, 4) is 34.5 Å². The van der Waals surface area contributed by atoms with Crippen LogP contribution in [-0.4, -0.2) is 51.5 Å². The SMILES string of the molecule is CN=Nc1ccc(O)c(OC=O)c1.[CH2-]N=Nc1ccc(O)c(C(=O)O)c1.[CH2-]N=Nc1ccc(O)c(C)c1.[CH2-]N=Nc1ccc(O)c(OC=O)c1.[CH3-].[Y].[Y]. The normalized spacial score (nSPS) is 9.77. The number of carbonyl (C=O) groups excluding carboxylic acids is 2. The first kappa shape index (κ1) is 52.1. The smallest absolute Gasteiger partial charge is 0.339 e. The average molecular weight is 880 g/mol. The third-order valence-corrected chi connectivity index (χ3v) is 5.40. The minimum absolute atomic E-state index is 0. The minimum Gasteiger partial charge on any atom is -0.508 e. The molecular formula is C33H34N8O10Y2-4. The number of hydrogen-bond donors (Lipinski definition) is 5. The molecule has 0 heterocycles. The van der Waals surface area contributed by atoms with Crippen LogP contribution in [0, 0.1) is 35.5 Å². The molecule has 276 valence electrons. The van der Waals surface area contributed by atoms with Gasteiger partial charge in [0, 0.05) is 84.6 Å². The van der Waals surface area contributed by atoms with Crippen LogP contribution in [0.4, 0.5) is 22.7 Å². The van der Waals surface area contributed by atoms with Crippen molar-refractivity contribution < 1.29 is 115 Å². The van der Waals surface area contributed by atoms with Crippen LogP contribution in [-0.2, 0) is 75.0 Å². The third kappa shape index (κ3) is 19.8. The Labute approximate surface area is 355 Å². The van der Waals surface area contributed by atoms with Gasteiger partial charge in [-0.2, -0.15) is 25.6 Å². The van der Waals surface area contributed by atoms with Gasteiger partial charge in [-0.05, 0) is 73.2 Å². The number of hydrogen-bond acceptors (Lipinski definition) is 17. The summed E-state index contributed by atoms with van der Waals surface area (Å²) in [6.07, 6.45) is 0. The second-order valence-corrected chi connectivity index (χ2v) is 8.73. The molecule has 0 saturated heterocycles. The molecule has 2 radical (unpaired) electrons. The van der Waals surface area contributed by atoms with Crippen molar-refractivity contribution in [1.82, 2.24) is 0 Å². The van der Waals surface area contributed by atoms with Crippen LogP contribution in [0.25, 0.3) is 0 Å². The van der Waals surface area contributed by atoms with E-state index < -0.39 is 5.97 Å². The summed E-state index contributed by atoms with van der Waals surface area (Å²) in [6, 6.07) is 17.5. The molecule has 18 nitrogen and oxygen atoms in total. The zero-order valence-electron chi connectivity index (χ0n) is 28.7. The molecule has 5 N–H and O–H groups in total. The van der Waals surface area contributed by atoms with Gasteiger partial charge in [0.2, 0.25) is 0 Å². The fraction of sp³-hybridized carbons (Fsp3) is 0.0606. The molecule has 0 saturated carbocycles. The van der Waals surface area contributed by atoms with Crippen LogP contribution in [0.5, 0.6) is 34.5 Å². The Bertz CT molecular complexity index is 1790. The molecular weight excluding hydrogens is 846 g/mol. The maximum absolute atomic E-state index is 10.5. The quantitative estimate of drug-likeness (QED) is 0.0608. The predicted molar refractivity (Wildman–Crippen MR) is 184 cm³/mol. The maximum Gasteiger partial charge on any atom is 0.339 e. The third-order valence-electron chi connectivity index (χ3n) is 5.40. The van der Waals surface area contributed by atoms with E-state index in [0.717, 1.165) is 5.56 Å². The van der Waals surface area contributed by atoms with E-state index in [1.54, 1.807) is 31.2 Å². The Morgan fingerprint density at radius 2 is 0.962 bits per heavy atom. The number of benzene rings is 4. The largest absolute Gasteiger partial charge is 0.508 e. The molecule has 4 aromatic rings. The van der Waals surface area contributed by atoms with Crippen LogP contribution in [0.15, 0.2) is 114 Å². The number of azo groups is 4. The molecule has 0 aromatic heterocycles. The van der Waals surface area contributed by atoms with E-state index in [9.17, 15) is 19.5 Å². The van der Waals surface area contributed by atoms with E-state index in [-0.39, 0.29) is 126 Å². The summed E-state index contributed by atoms with van der Waals surface area (Å²) in [5, 5.41) is 73.2. The molecule has 4 aromatic carbocycles. The van der Waals surface area contributed by atoms with Gasteiger partial charge in [0.25, 0.3) is 12.9 Å². The molecule has 0 fully saturated rings. The molecule has 4 rings (SSSR count). The van der Waals surface area contributed by atoms with Gasteiger partial charge < -0.3 is 57.8 Å². The number of aryl methyl sites for hydroxylation is 1. The molecule has 0 bridgehead atoms. The number of carbonyl (C=O) groups is 3. The molecule has 0 atom stereocenters. The number of nitrogens with zero attached hydrogens (tertiary/aromatic N) is 8. The summed E-state index contributed by atoms with van der Waals surface area (Å²) in [5.41, 5.74) is 2.59. The number of rotatable bonds is 9. The van der Waals surface area contributed by atoms with Gasteiger partial charge in [-0.15, -0.1) is 0 Å². The van der Waals surface area contributed by atoms with Gasteiger partial charge in [0.15, 0.2) is 23.0 Å². The first-order valence-electron chi connectivity index (χ1n) is 13.5. The first-order chi connectivity index (χ1) is 23.9. The van der Waals surface area contributed by atoms with Crippen LogP contribution >= 0.6 is 0 Å². The van der Waals surface area contributed by atoms with E-state index in [1.807, 2.05) is 0 Å².